The smallest absolute Gasteiger partial charge is 0.330 e. The SMILES string of the molecule is C=C(C)C(=O)O.C=C(C)C(=O)O.C=C(C)C(=O)O.CC(O)CO. The number of carboxylic acids is 3. The van der Waals surface area contributed by atoms with Crippen molar-refractivity contribution in [2.24, 2.45) is 0 Å². The van der Waals surface area contributed by atoms with E-state index in [2.05, 4.69) is 19.7 Å². The molecule has 1 unspecified atom stereocenters. The lowest BCUT2D eigenvalue weighted by atomic mass is 10.4. The molecule has 1 atom stereocenters. The standard InChI is InChI=1S/3C4H6O2.C3H8O2/c3*1-3(2)4(5)6;1-3(5)2-4/h3*1H2,2H3,(H,5,6);3-5H,2H2,1H3. The fraction of sp³-hybridized carbons (Fsp3) is 0.400. The van der Waals surface area contributed by atoms with Gasteiger partial charge in [-0.3, -0.25) is 0 Å². The molecule has 0 rings (SSSR count). The van der Waals surface area contributed by atoms with Crippen molar-refractivity contribution in [2.75, 3.05) is 6.61 Å². The van der Waals surface area contributed by atoms with Crippen molar-refractivity contribution < 1.29 is 39.9 Å². The van der Waals surface area contributed by atoms with Crippen LogP contribution in [0.1, 0.15) is 27.7 Å². The maximum atomic E-state index is 9.60. The molecular formula is C15H26O8. The van der Waals surface area contributed by atoms with E-state index >= 15 is 0 Å². The second-order valence-corrected chi connectivity index (χ2v) is 4.29. The molecule has 134 valence electrons. The highest BCUT2D eigenvalue weighted by atomic mass is 16.4. The Balaban J connectivity index is -0.000000105. The Kier molecular flexibility index (Phi) is 21.9. The molecule has 8 heteroatoms. The zero-order valence-corrected chi connectivity index (χ0v) is 13.9. The summed E-state index contributed by atoms with van der Waals surface area (Å²) in [7, 11) is 0. The molecule has 0 amide bonds. The first-order valence-electron chi connectivity index (χ1n) is 6.15. The van der Waals surface area contributed by atoms with Gasteiger partial charge in [0, 0.05) is 16.7 Å². The lowest BCUT2D eigenvalue weighted by Gasteiger charge is -1.90. The quantitative estimate of drug-likeness (QED) is 0.482. The highest BCUT2D eigenvalue weighted by Crippen LogP contribution is 1.82. The molecule has 0 aromatic carbocycles. The first-order valence-corrected chi connectivity index (χ1v) is 6.15. The van der Waals surface area contributed by atoms with Crippen LogP contribution in [0.25, 0.3) is 0 Å². The van der Waals surface area contributed by atoms with Crippen LogP contribution >= 0.6 is 0 Å². The molecule has 0 heterocycles. The minimum atomic E-state index is -0.935. The molecule has 0 bridgehead atoms. The molecular weight excluding hydrogens is 308 g/mol. The van der Waals surface area contributed by atoms with E-state index in [1.54, 1.807) is 0 Å². The van der Waals surface area contributed by atoms with Crippen molar-refractivity contribution in [1.29, 1.82) is 0 Å². The van der Waals surface area contributed by atoms with Gasteiger partial charge in [-0.15, -0.1) is 0 Å². The summed E-state index contributed by atoms with van der Waals surface area (Å²) >= 11 is 0. The largest absolute Gasteiger partial charge is 0.478 e. The first-order chi connectivity index (χ1) is 10.2. The number of aliphatic carboxylic acids is 3. The van der Waals surface area contributed by atoms with Gasteiger partial charge in [-0.05, 0) is 27.7 Å². The fourth-order valence-corrected chi connectivity index (χ4v) is 0. The lowest BCUT2D eigenvalue weighted by molar-refractivity contribution is -0.133. The van der Waals surface area contributed by atoms with Crippen LogP contribution in [0.2, 0.25) is 0 Å². The van der Waals surface area contributed by atoms with Gasteiger partial charge in [-0.25, -0.2) is 14.4 Å². The third kappa shape index (κ3) is 45.1. The minimum absolute atomic E-state index is 0.139. The van der Waals surface area contributed by atoms with Gasteiger partial charge in [0.15, 0.2) is 0 Å². The van der Waals surface area contributed by atoms with E-state index in [0.29, 0.717) is 0 Å². The summed E-state index contributed by atoms with van der Waals surface area (Å²) in [4.78, 5) is 28.8. The van der Waals surface area contributed by atoms with E-state index in [0.717, 1.165) is 0 Å². The van der Waals surface area contributed by atoms with Crippen molar-refractivity contribution in [3.63, 3.8) is 0 Å². The summed E-state index contributed by atoms with van der Waals surface area (Å²) in [5.74, 6) is -2.81. The highest BCUT2D eigenvalue weighted by molar-refractivity contribution is 5.85. The average Bonchev–Trinajstić information content (AvgIpc) is 2.40. The topological polar surface area (TPSA) is 152 Å². The Hall–Kier alpha value is -2.45. The lowest BCUT2D eigenvalue weighted by Crippen LogP contribution is -2.03. The summed E-state index contributed by atoms with van der Waals surface area (Å²) in [5.41, 5.74) is 0.528. The van der Waals surface area contributed by atoms with Gasteiger partial charge in [0.2, 0.25) is 0 Å². The summed E-state index contributed by atoms with van der Waals surface area (Å²) in [6.45, 7) is 15.2. The first kappa shape index (κ1) is 28.7. The Bertz CT molecular complexity index is 328. The second-order valence-electron chi connectivity index (χ2n) is 4.29. The third-order valence-corrected chi connectivity index (χ3v) is 1.36. The number of hydrogen-bond donors (Lipinski definition) is 5. The van der Waals surface area contributed by atoms with Crippen LogP contribution in [-0.2, 0) is 14.4 Å². The Morgan fingerprint density at radius 2 is 0.870 bits per heavy atom. The van der Waals surface area contributed by atoms with Gasteiger partial charge in [0.25, 0.3) is 0 Å². The van der Waals surface area contributed by atoms with Crippen molar-refractivity contribution in [1.82, 2.24) is 0 Å². The van der Waals surface area contributed by atoms with Gasteiger partial charge < -0.3 is 25.5 Å². The molecule has 0 aromatic heterocycles. The molecule has 23 heavy (non-hydrogen) atoms. The fourth-order valence-electron chi connectivity index (χ4n) is 0. The minimum Gasteiger partial charge on any atom is -0.478 e. The Morgan fingerprint density at radius 1 is 0.783 bits per heavy atom. The maximum Gasteiger partial charge on any atom is 0.330 e. The number of carboxylic acid groups (broad SMARTS) is 3. The van der Waals surface area contributed by atoms with Gasteiger partial charge in [-0.1, -0.05) is 19.7 Å². The van der Waals surface area contributed by atoms with Crippen molar-refractivity contribution >= 4 is 17.9 Å². The van der Waals surface area contributed by atoms with Crippen LogP contribution in [0.3, 0.4) is 0 Å². The van der Waals surface area contributed by atoms with Crippen LogP contribution in [0, 0.1) is 0 Å². The molecule has 0 radical (unpaired) electrons. The van der Waals surface area contributed by atoms with Crippen LogP contribution in [-0.4, -0.2) is 56.2 Å². The summed E-state index contributed by atoms with van der Waals surface area (Å²) in [6.07, 6.45) is -0.560. The number of aliphatic hydroxyl groups excluding tert-OH is 2. The molecule has 0 aromatic rings. The second kappa shape index (κ2) is 17.6. The van der Waals surface area contributed by atoms with Crippen LogP contribution in [0.4, 0.5) is 0 Å². The third-order valence-electron chi connectivity index (χ3n) is 1.36. The summed E-state index contributed by atoms with van der Waals surface area (Å²) < 4.78 is 0. The maximum absolute atomic E-state index is 9.60. The van der Waals surface area contributed by atoms with Gasteiger partial charge >= 0.3 is 17.9 Å². The predicted molar refractivity (Wildman–Crippen MR) is 86.1 cm³/mol. The highest BCUT2D eigenvalue weighted by Gasteiger charge is 1.91. The summed E-state index contributed by atoms with van der Waals surface area (Å²) in [5, 5.41) is 39.7. The van der Waals surface area contributed by atoms with E-state index in [1.807, 2.05) is 0 Å². The number of carbonyl (C=O) groups is 3. The van der Waals surface area contributed by atoms with E-state index in [-0.39, 0.29) is 23.3 Å². The van der Waals surface area contributed by atoms with Crippen molar-refractivity contribution in [3.8, 4) is 0 Å². The molecule has 0 spiro atoms. The zero-order valence-electron chi connectivity index (χ0n) is 13.9. The monoisotopic (exact) mass is 334 g/mol. The average molecular weight is 334 g/mol. The van der Waals surface area contributed by atoms with E-state index < -0.39 is 24.0 Å². The molecule has 0 saturated carbocycles. The van der Waals surface area contributed by atoms with Gasteiger partial charge in [0.05, 0.1) is 12.7 Å². The van der Waals surface area contributed by atoms with E-state index in [4.69, 9.17) is 25.5 Å². The van der Waals surface area contributed by atoms with Gasteiger partial charge in [0.1, 0.15) is 0 Å². The Morgan fingerprint density at radius 3 is 0.870 bits per heavy atom. The number of hydrogen-bond acceptors (Lipinski definition) is 5. The number of aliphatic hydroxyl groups is 2. The Labute approximate surface area is 135 Å². The van der Waals surface area contributed by atoms with Gasteiger partial charge in [-0.2, -0.15) is 0 Å². The molecule has 5 N–H and O–H groups in total. The van der Waals surface area contributed by atoms with Crippen molar-refractivity contribution in [2.45, 2.75) is 33.8 Å². The predicted octanol–water partition coefficient (Wildman–Crippen LogP) is 1.30. The van der Waals surface area contributed by atoms with Crippen LogP contribution in [0.5, 0.6) is 0 Å². The molecule has 0 aliphatic carbocycles. The normalized spacial score (nSPS) is 9.13. The zero-order chi connectivity index (χ0) is 19.7. The number of rotatable bonds is 4. The molecule has 0 fully saturated rings. The molecule has 0 saturated heterocycles. The molecule has 0 aliphatic heterocycles. The van der Waals surface area contributed by atoms with Crippen LogP contribution in [0.15, 0.2) is 36.5 Å². The summed E-state index contributed by atoms with van der Waals surface area (Å²) in [6, 6.07) is 0. The van der Waals surface area contributed by atoms with Crippen molar-refractivity contribution in [3.05, 3.63) is 36.5 Å². The van der Waals surface area contributed by atoms with Crippen LogP contribution < -0.4 is 0 Å². The molecule has 0 aliphatic rings. The molecule has 8 nitrogen and oxygen atoms in total. The van der Waals surface area contributed by atoms with E-state index in [1.165, 1.54) is 27.7 Å². The van der Waals surface area contributed by atoms with E-state index in [9.17, 15) is 14.4 Å².